The number of amides is 1. The fraction of sp³-hybridized carbons (Fsp3) is 0.353. The SMILES string of the molecule is C=CCOC(=O)c1sc(N2C(=O)C(=O)/C(=C(\O)c3ccc4c(c3)OCCO4)C2c2ccc(OCCC(C)C)c(OCC)c2)nc1C. The van der Waals surface area contributed by atoms with Gasteiger partial charge in [-0.05, 0) is 62.1 Å². The molecule has 1 unspecified atom stereocenters. The molecule has 242 valence electrons. The van der Waals surface area contributed by atoms with E-state index in [4.69, 9.17) is 23.7 Å². The molecule has 1 amide bonds. The molecule has 0 saturated carbocycles. The number of Topliss-reactive ketones (excluding diaryl/α,β-unsaturated/α-hetero) is 1. The molecule has 0 radical (unpaired) electrons. The summed E-state index contributed by atoms with van der Waals surface area (Å²) >= 11 is 0.915. The summed E-state index contributed by atoms with van der Waals surface area (Å²) in [6.07, 6.45) is 2.28. The summed E-state index contributed by atoms with van der Waals surface area (Å²) in [5.74, 6) is -0.607. The lowest BCUT2D eigenvalue weighted by Crippen LogP contribution is -2.29. The van der Waals surface area contributed by atoms with Crippen molar-refractivity contribution in [3.8, 4) is 23.0 Å². The predicted molar refractivity (Wildman–Crippen MR) is 172 cm³/mol. The summed E-state index contributed by atoms with van der Waals surface area (Å²) in [5, 5.41) is 11.8. The lowest BCUT2D eigenvalue weighted by molar-refractivity contribution is -0.132. The number of aliphatic hydroxyl groups excluding tert-OH is 1. The molecule has 2 aliphatic heterocycles. The van der Waals surface area contributed by atoms with E-state index in [2.05, 4.69) is 25.4 Å². The highest BCUT2D eigenvalue weighted by molar-refractivity contribution is 7.17. The molecule has 1 fully saturated rings. The third-order valence-corrected chi connectivity index (χ3v) is 8.44. The van der Waals surface area contributed by atoms with Crippen LogP contribution in [0, 0.1) is 12.8 Å². The van der Waals surface area contributed by atoms with Gasteiger partial charge < -0.3 is 28.8 Å². The quantitative estimate of drug-likeness (QED) is 0.0818. The highest BCUT2D eigenvalue weighted by Crippen LogP contribution is 2.46. The molecule has 1 saturated heterocycles. The third-order valence-electron chi connectivity index (χ3n) is 7.31. The average Bonchev–Trinajstić information content (AvgIpc) is 3.55. The Labute approximate surface area is 271 Å². The van der Waals surface area contributed by atoms with E-state index >= 15 is 0 Å². The van der Waals surface area contributed by atoms with Gasteiger partial charge >= 0.3 is 11.9 Å². The smallest absolute Gasteiger partial charge is 0.350 e. The van der Waals surface area contributed by atoms with Crippen LogP contribution in [0.1, 0.15) is 59.7 Å². The zero-order valence-corrected chi connectivity index (χ0v) is 27.0. The number of aryl methyl sites for hydroxylation is 1. The maximum absolute atomic E-state index is 13.8. The molecule has 1 N–H and O–H groups in total. The Bertz CT molecular complexity index is 1690. The minimum atomic E-state index is -1.13. The number of aliphatic hydroxyl groups is 1. The standard InChI is InChI=1S/C34H36N2O9S/c1-6-13-45-33(40)31-20(5)35-34(46-31)36-28(21-8-10-23(25(17-21)41-7-2)42-14-12-19(3)4)27(30(38)32(36)39)29(37)22-9-11-24-26(18-22)44-16-15-43-24/h6,8-11,17-19,28,37H,1,7,12-16H2,2-5H3/b29-27-. The van der Waals surface area contributed by atoms with Gasteiger partial charge in [-0.3, -0.25) is 14.5 Å². The Morgan fingerprint density at radius 1 is 1.13 bits per heavy atom. The molecular weight excluding hydrogens is 612 g/mol. The van der Waals surface area contributed by atoms with E-state index in [9.17, 15) is 19.5 Å². The second kappa shape index (κ2) is 14.1. The molecule has 46 heavy (non-hydrogen) atoms. The average molecular weight is 649 g/mol. The number of carbonyl (C=O) groups is 3. The first-order valence-electron chi connectivity index (χ1n) is 15.0. The van der Waals surface area contributed by atoms with E-state index < -0.39 is 29.5 Å². The van der Waals surface area contributed by atoms with Crippen molar-refractivity contribution in [2.24, 2.45) is 5.92 Å². The van der Waals surface area contributed by atoms with Gasteiger partial charge in [0.2, 0.25) is 0 Å². The normalized spacial score (nSPS) is 16.9. The first kappa shape index (κ1) is 32.6. The lowest BCUT2D eigenvalue weighted by atomic mass is 9.95. The number of anilines is 1. The van der Waals surface area contributed by atoms with Crippen LogP contribution < -0.4 is 23.8 Å². The van der Waals surface area contributed by atoms with Crippen molar-refractivity contribution in [3.63, 3.8) is 0 Å². The number of fused-ring (bicyclic) bond motifs is 1. The van der Waals surface area contributed by atoms with Gasteiger partial charge in [0.1, 0.15) is 30.5 Å². The Morgan fingerprint density at radius 3 is 2.61 bits per heavy atom. The second-order valence-corrected chi connectivity index (χ2v) is 12.0. The number of esters is 1. The summed E-state index contributed by atoms with van der Waals surface area (Å²) in [7, 11) is 0. The van der Waals surface area contributed by atoms with Crippen molar-refractivity contribution in [3.05, 3.63) is 76.3 Å². The summed E-state index contributed by atoms with van der Waals surface area (Å²) < 4.78 is 28.4. The van der Waals surface area contributed by atoms with Crippen molar-refractivity contribution < 1.29 is 43.2 Å². The maximum Gasteiger partial charge on any atom is 0.350 e. The molecule has 1 aromatic heterocycles. The Morgan fingerprint density at radius 2 is 1.89 bits per heavy atom. The Kier molecular flexibility index (Phi) is 9.96. The fourth-order valence-electron chi connectivity index (χ4n) is 5.05. The van der Waals surface area contributed by atoms with Crippen LogP contribution in [0.2, 0.25) is 0 Å². The Hall–Kier alpha value is -4.84. The van der Waals surface area contributed by atoms with E-state index in [0.29, 0.717) is 66.6 Å². The summed E-state index contributed by atoms with van der Waals surface area (Å²) in [4.78, 5) is 46.2. The van der Waals surface area contributed by atoms with Gasteiger partial charge in [0, 0.05) is 5.56 Å². The monoisotopic (exact) mass is 648 g/mol. The number of benzene rings is 2. The molecule has 12 heteroatoms. The molecule has 3 heterocycles. The minimum Gasteiger partial charge on any atom is -0.507 e. The van der Waals surface area contributed by atoms with E-state index in [1.54, 1.807) is 43.3 Å². The van der Waals surface area contributed by atoms with Crippen LogP contribution in [0.4, 0.5) is 5.13 Å². The molecule has 3 aromatic rings. The summed E-state index contributed by atoms with van der Waals surface area (Å²) in [6, 6.07) is 8.78. The first-order valence-corrected chi connectivity index (χ1v) is 15.8. The van der Waals surface area contributed by atoms with Gasteiger partial charge in [-0.2, -0.15) is 0 Å². The van der Waals surface area contributed by atoms with Gasteiger partial charge in [-0.1, -0.05) is 43.9 Å². The lowest BCUT2D eigenvalue weighted by Gasteiger charge is -2.24. The highest BCUT2D eigenvalue weighted by atomic mass is 32.1. The number of ether oxygens (including phenoxy) is 5. The van der Waals surface area contributed by atoms with Crippen LogP contribution in [0.25, 0.3) is 5.76 Å². The highest BCUT2D eigenvalue weighted by Gasteiger charge is 2.49. The van der Waals surface area contributed by atoms with Crippen molar-refractivity contribution in [2.75, 3.05) is 37.9 Å². The van der Waals surface area contributed by atoms with Crippen LogP contribution in [0.3, 0.4) is 0 Å². The second-order valence-electron chi connectivity index (χ2n) is 11.0. The van der Waals surface area contributed by atoms with Crippen LogP contribution in [-0.4, -0.2) is 60.8 Å². The van der Waals surface area contributed by atoms with Crippen molar-refractivity contribution in [1.82, 2.24) is 4.98 Å². The van der Waals surface area contributed by atoms with Crippen LogP contribution in [-0.2, 0) is 14.3 Å². The van der Waals surface area contributed by atoms with Crippen molar-refractivity contribution >= 4 is 39.9 Å². The molecule has 11 nitrogen and oxygen atoms in total. The number of ketones is 1. The van der Waals surface area contributed by atoms with Crippen LogP contribution in [0.15, 0.2) is 54.6 Å². The zero-order chi connectivity index (χ0) is 33.0. The van der Waals surface area contributed by atoms with Gasteiger partial charge in [-0.25, -0.2) is 9.78 Å². The topological polar surface area (TPSA) is 134 Å². The van der Waals surface area contributed by atoms with Crippen molar-refractivity contribution in [2.45, 2.75) is 40.2 Å². The molecule has 2 aromatic carbocycles. The minimum absolute atomic E-state index is 0.00263. The van der Waals surface area contributed by atoms with Gasteiger partial charge in [0.05, 0.1) is 30.5 Å². The predicted octanol–water partition coefficient (Wildman–Crippen LogP) is 6.02. The van der Waals surface area contributed by atoms with Gasteiger partial charge in [-0.15, -0.1) is 0 Å². The number of aromatic nitrogens is 1. The molecular formula is C34H36N2O9S. The maximum atomic E-state index is 13.8. The fourth-order valence-corrected chi connectivity index (χ4v) is 6.04. The Balaban J connectivity index is 1.65. The molecule has 2 aliphatic rings. The summed E-state index contributed by atoms with van der Waals surface area (Å²) in [6.45, 7) is 12.7. The number of hydrogen-bond acceptors (Lipinski definition) is 11. The van der Waals surface area contributed by atoms with Crippen LogP contribution in [0.5, 0.6) is 23.0 Å². The molecule has 0 aliphatic carbocycles. The van der Waals surface area contributed by atoms with Gasteiger partial charge in [0.15, 0.2) is 28.1 Å². The van der Waals surface area contributed by atoms with Crippen LogP contribution >= 0.6 is 11.3 Å². The number of thiazole rings is 1. The first-order chi connectivity index (χ1) is 22.1. The molecule has 5 rings (SSSR count). The third kappa shape index (κ3) is 6.57. The number of hydrogen-bond donors (Lipinski definition) is 1. The van der Waals surface area contributed by atoms with E-state index in [1.165, 1.54) is 11.0 Å². The number of rotatable bonds is 12. The molecule has 0 spiro atoms. The van der Waals surface area contributed by atoms with Gasteiger partial charge in [0.25, 0.3) is 5.78 Å². The van der Waals surface area contributed by atoms with E-state index in [-0.39, 0.29) is 27.8 Å². The van der Waals surface area contributed by atoms with Crippen molar-refractivity contribution in [1.29, 1.82) is 0 Å². The largest absolute Gasteiger partial charge is 0.507 e. The van der Waals surface area contributed by atoms with E-state index in [0.717, 1.165) is 17.8 Å². The summed E-state index contributed by atoms with van der Waals surface area (Å²) in [5.41, 5.74) is 0.878. The van der Waals surface area contributed by atoms with E-state index in [1.807, 2.05) is 6.92 Å². The number of carbonyl (C=O) groups excluding carboxylic acids is 3. The molecule has 1 atom stereocenters. The number of nitrogens with zero attached hydrogens (tertiary/aromatic N) is 2. The molecule has 0 bridgehead atoms. The zero-order valence-electron chi connectivity index (χ0n) is 26.2.